The van der Waals surface area contributed by atoms with E-state index in [1.54, 1.807) is 31.2 Å². The Kier molecular flexibility index (Phi) is 3.72. The Balaban J connectivity index is 2.56. The van der Waals surface area contributed by atoms with E-state index in [1.165, 1.54) is 0 Å². The fourth-order valence-electron chi connectivity index (χ4n) is 1.09. The molecule has 0 aromatic carbocycles. The Morgan fingerprint density at radius 2 is 2.38 bits per heavy atom. The summed E-state index contributed by atoms with van der Waals surface area (Å²) in [7, 11) is 3.20. The molecule has 1 N–H and O–H groups in total. The Labute approximate surface area is 76.3 Å². The number of hydrogen-bond acceptors (Lipinski definition) is 3. The maximum absolute atomic E-state index is 11.1. The third-order valence-electron chi connectivity index (χ3n) is 1.81. The molecule has 0 aliphatic rings. The van der Waals surface area contributed by atoms with Crippen molar-refractivity contribution >= 4 is 0 Å². The summed E-state index contributed by atoms with van der Waals surface area (Å²) in [5, 5.41) is 0. The van der Waals surface area contributed by atoms with E-state index in [-0.39, 0.29) is 11.8 Å². The number of aromatic amines is 1. The molecule has 1 rings (SSSR count). The number of aromatic nitrogens is 2. The monoisotopic (exact) mass is 186 g/mol. The molecule has 1 aromatic rings. The van der Waals surface area contributed by atoms with Crippen molar-refractivity contribution in [3.63, 3.8) is 0 Å². The van der Waals surface area contributed by atoms with Crippen molar-refractivity contribution in [2.45, 2.75) is 12.6 Å². The van der Waals surface area contributed by atoms with Gasteiger partial charge in [0.05, 0.1) is 19.3 Å². The van der Waals surface area contributed by atoms with E-state index >= 15 is 0 Å². The summed E-state index contributed by atoms with van der Waals surface area (Å²) in [4.78, 5) is 13.6. The molecule has 13 heavy (non-hydrogen) atoms. The molecule has 5 nitrogen and oxygen atoms in total. The standard InChI is InChI=1S/C8H14N2O3/c1-12-6-7(13-2)5-10-4-3-9-8(10)11/h3-4,7H,5-6H2,1-2H3,(H,9,11). The van der Waals surface area contributed by atoms with Gasteiger partial charge in [0.15, 0.2) is 0 Å². The number of imidazole rings is 1. The number of rotatable bonds is 5. The Hall–Kier alpha value is -1.07. The lowest BCUT2D eigenvalue weighted by Gasteiger charge is -2.13. The SMILES string of the molecule is COCC(Cn1cc[nH]c1=O)OC. The van der Waals surface area contributed by atoms with Crippen molar-refractivity contribution in [1.82, 2.24) is 9.55 Å². The van der Waals surface area contributed by atoms with Crippen LogP contribution in [0.2, 0.25) is 0 Å². The summed E-state index contributed by atoms with van der Waals surface area (Å²) in [5.74, 6) is 0. The van der Waals surface area contributed by atoms with E-state index in [9.17, 15) is 4.79 Å². The fourth-order valence-corrected chi connectivity index (χ4v) is 1.09. The maximum Gasteiger partial charge on any atom is 0.325 e. The molecule has 1 atom stereocenters. The van der Waals surface area contributed by atoms with Gasteiger partial charge in [0.2, 0.25) is 0 Å². The number of nitrogens with zero attached hydrogens (tertiary/aromatic N) is 1. The second-order valence-electron chi connectivity index (χ2n) is 2.73. The van der Waals surface area contributed by atoms with Crippen LogP contribution in [0.1, 0.15) is 0 Å². The first-order valence-electron chi connectivity index (χ1n) is 4.03. The zero-order chi connectivity index (χ0) is 9.68. The van der Waals surface area contributed by atoms with Crippen LogP contribution >= 0.6 is 0 Å². The van der Waals surface area contributed by atoms with Crippen LogP contribution in [-0.4, -0.2) is 36.5 Å². The lowest BCUT2D eigenvalue weighted by molar-refractivity contribution is 0.0178. The first-order valence-corrected chi connectivity index (χ1v) is 4.03. The van der Waals surface area contributed by atoms with Crippen LogP contribution in [0.4, 0.5) is 0 Å². The molecule has 1 heterocycles. The molecule has 1 aromatic heterocycles. The quantitative estimate of drug-likeness (QED) is 0.695. The van der Waals surface area contributed by atoms with Crippen molar-refractivity contribution < 1.29 is 9.47 Å². The molecule has 0 spiro atoms. The van der Waals surface area contributed by atoms with Crippen LogP contribution in [0.5, 0.6) is 0 Å². The molecule has 0 bridgehead atoms. The van der Waals surface area contributed by atoms with E-state index in [4.69, 9.17) is 9.47 Å². The van der Waals surface area contributed by atoms with Crippen molar-refractivity contribution in [2.24, 2.45) is 0 Å². The van der Waals surface area contributed by atoms with E-state index in [0.29, 0.717) is 13.2 Å². The minimum atomic E-state index is -0.127. The van der Waals surface area contributed by atoms with E-state index < -0.39 is 0 Å². The van der Waals surface area contributed by atoms with Crippen molar-refractivity contribution in [2.75, 3.05) is 20.8 Å². The molecule has 0 aliphatic carbocycles. The van der Waals surface area contributed by atoms with Crippen molar-refractivity contribution in [1.29, 1.82) is 0 Å². The number of ether oxygens (including phenoxy) is 2. The third-order valence-corrected chi connectivity index (χ3v) is 1.81. The minimum Gasteiger partial charge on any atom is -0.382 e. The van der Waals surface area contributed by atoms with Gasteiger partial charge in [-0.3, -0.25) is 4.57 Å². The highest BCUT2D eigenvalue weighted by Gasteiger charge is 2.08. The molecule has 0 saturated heterocycles. The van der Waals surface area contributed by atoms with Crippen LogP contribution in [0.15, 0.2) is 17.2 Å². The van der Waals surface area contributed by atoms with Gasteiger partial charge in [-0.1, -0.05) is 0 Å². The average molecular weight is 186 g/mol. The fraction of sp³-hybridized carbons (Fsp3) is 0.625. The van der Waals surface area contributed by atoms with Gasteiger partial charge in [-0.25, -0.2) is 4.79 Å². The van der Waals surface area contributed by atoms with Crippen LogP contribution in [0.25, 0.3) is 0 Å². The predicted molar refractivity (Wildman–Crippen MR) is 47.7 cm³/mol. The third kappa shape index (κ3) is 2.71. The Morgan fingerprint density at radius 1 is 1.62 bits per heavy atom. The number of nitrogens with one attached hydrogen (secondary N) is 1. The van der Waals surface area contributed by atoms with Gasteiger partial charge in [0, 0.05) is 26.6 Å². The summed E-state index contributed by atoms with van der Waals surface area (Å²) in [6.07, 6.45) is 3.20. The average Bonchev–Trinajstić information content (AvgIpc) is 2.51. The summed E-state index contributed by atoms with van der Waals surface area (Å²) < 4.78 is 11.6. The number of hydrogen-bond donors (Lipinski definition) is 1. The molecule has 5 heteroatoms. The van der Waals surface area contributed by atoms with Crippen LogP contribution in [0, 0.1) is 0 Å². The van der Waals surface area contributed by atoms with Crippen LogP contribution < -0.4 is 5.69 Å². The highest BCUT2D eigenvalue weighted by molar-refractivity contribution is 4.77. The van der Waals surface area contributed by atoms with Crippen molar-refractivity contribution in [3.05, 3.63) is 22.9 Å². The number of H-pyrrole nitrogens is 1. The topological polar surface area (TPSA) is 56.2 Å². The molecular formula is C8H14N2O3. The Bertz CT molecular complexity index is 292. The van der Waals surface area contributed by atoms with Gasteiger partial charge < -0.3 is 14.5 Å². The smallest absolute Gasteiger partial charge is 0.325 e. The highest BCUT2D eigenvalue weighted by Crippen LogP contribution is 1.94. The molecule has 0 radical (unpaired) electrons. The van der Waals surface area contributed by atoms with Crippen LogP contribution in [0.3, 0.4) is 0 Å². The predicted octanol–water partition coefficient (Wildman–Crippen LogP) is -0.162. The maximum atomic E-state index is 11.1. The molecule has 1 unspecified atom stereocenters. The Morgan fingerprint density at radius 3 is 2.85 bits per heavy atom. The second-order valence-corrected chi connectivity index (χ2v) is 2.73. The summed E-state index contributed by atoms with van der Waals surface area (Å²) in [6.45, 7) is 0.987. The summed E-state index contributed by atoms with van der Waals surface area (Å²) in [5.41, 5.74) is -0.127. The van der Waals surface area contributed by atoms with Crippen molar-refractivity contribution in [3.8, 4) is 0 Å². The highest BCUT2D eigenvalue weighted by atomic mass is 16.5. The van der Waals surface area contributed by atoms with E-state index in [2.05, 4.69) is 4.98 Å². The minimum absolute atomic E-state index is 0.0847. The zero-order valence-electron chi connectivity index (χ0n) is 7.82. The first kappa shape index (κ1) is 10.0. The van der Waals surface area contributed by atoms with Gasteiger partial charge >= 0.3 is 5.69 Å². The van der Waals surface area contributed by atoms with Crippen LogP contribution in [-0.2, 0) is 16.0 Å². The largest absolute Gasteiger partial charge is 0.382 e. The summed E-state index contributed by atoms with van der Waals surface area (Å²) in [6, 6.07) is 0. The lowest BCUT2D eigenvalue weighted by atomic mass is 10.4. The molecule has 0 amide bonds. The molecule has 0 fully saturated rings. The van der Waals surface area contributed by atoms with E-state index in [0.717, 1.165) is 0 Å². The van der Waals surface area contributed by atoms with Gasteiger partial charge in [-0.2, -0.15) is 0 Å². The second kappa shape index (κ2) is 4.84. The van der Waals surface area contributed by atoms with Gasteiger partial charge in [0.25, 0.3) is 0 Å². The van der Waals surface area contributed by atoms with Gasteiger partial charge in [-0.15, -0.1) is 0 Å². The van der Waals surface area contributed by atoms with Gasteiger partial charge in [0.1, 0.15) is 0 Å². The zero-order valence-corrected chi connectivity index (χ0v) is 7.82. The van der Waals surface area contributed by atoms with E-state index in [1.807, 2.05) is 0 Å². The van der Waals surface area contributed by atoms with Gasteiger partial charge in [-0.05, 0) is 0 Å². The summed E-state index contributed by atoms with van der Waals surface area (Å²) >= 11 is 0. The number of methoxy groups -OCH3 is 2. The lowest BCUT2D eigenvalue weighted by Crippen LogP contribution is -2.28. The first-order chi connectivity index (χ1) is 6.27. The molecular weight excluding hydrogens is 172 g/mol. The molecule has 0 saturated carbocycles. The molecule has 74 valence electrons. The molecule has 0 aliphatic heterocycles. The normalized spacial score (nSPS) is 13.1.